The number of carboxylic acids is 1. The molecule has 0 N–H and O–H groups in total. The predicted octanol–water partition coefficient (Wildman–Crippen LogP) is 7.59. The van der Waals surface area contributed by atoms with E-state index < -0.39 is 12.1 Å². The summed E-state index contributed by atoms with van der Waals surface area (Å²) in [5.41, 5.74) is 0. The standard InChI is InChI=1S/C32H63NO4/c1-29(2)25-23-21-19-17-15-13-11-9-7-6-8-10-12-14-16-18-20-22-24-26-32(36)37-30(27-31(34)35)28-33(3,4)5/h29-30H,6-28H2,1-5H3. The summed E-state index contributed by atoms with van der Waals surface area (Å²) in [7, 11) is 5.86. The SMILES string of the molecule is CC(C)CCCCCCCCCCCCCCCCCCCCCC(=O)OC(CC(=O)[O-])C[N+](C)(C)C. The number of hydrogen-bond acceptors (Lipinski definition) is 4. The van der Waals surface area contributed by atoms with Crippen molar-refractivity contribution in [3.63, 3.8) is 0 Å². The Morgan fingerprint density at radius 3 is 1.30 bits per heavy atom. The Hall–Kier alpha value is -1.10. The van der Waals surface area contributed by atoms with Crippen molar-refractivity contribution >= 4 is 11.9 Å². The van der Waals surface area contributed by atoms with Crippen LogP contribution in [0, 0.1) is 5.92 Å². The Morgan fingerprint density at radius 1 is 0.622 bits per heavy atom. The van der Waals surface area contributed by atoms with Gasteiger partial charge in [-0.1, -0.05) is 136 Å². The van der Waals surface area contributed by atoms with E-state index in [1.807, 2.05) is 21.1 Å². The molecule has 0 bridgehead atoms. The maximum Gasteiger partial charge on any atom is 0.306 e. The van der Waals surface area contributed by atoms with Crippen LogP contribution < -0.4 is 5.11 Å². The summed E-state index contributed by atoms with van der Waals surface area (Å²) in [6, 6.07) is 0. The van der Waals surface area contributed by atoms with Gasteiger partial charge in [0.1, 0.15) is 6.54 Å². The largest absolute Gasteiger partial charge is 0.550 e. The molecule has 0 aliphatic carbocycles. The normalized spacial score (nSPS) is 12.7. The first-order valence-electron chi connectivity index (χ1n) is 15.8. The van der Waals surface area contributed by atoms with E-state index in [0.717, 1.165) is 25.2 Å². The van der Waals surface area contributed by atoms with Crippen LogP contribution in [0.4, 0.5) is 0 Å². The number of unbranched alkanes of at least 4 members (excludes halogenated alkanes) is 18. The maximum absolute atomic E-state index is 12.1. The van der Waals surface area contributed by atoms with E-state index in [2.05, 4.69) is 13.8 Å². The molecule has 0 radical (unpaired) electrons. The Morgan fingerprint density at radius 2 is 0.973 bits per heavy atom. The van der Waals surface area contributed by atoms with Crippen LogP contribution >= 0.6 is 0 Å². The van der Waals surface area contributed by atoms with Crippen molar-refractivity contribution in [2.24, 2.45) is 5.92 Å². The lowest BCUT2D eigenvalue weighted by Gasteiger charge is -2.29. The lowest BCUT2D eigenvalue weighted by Crippen LogP contribution is -2.45. The van der Waals surface area contributed by atoms with Gasteiger partial charge >= 0.3 is 5.97 Å². The molecule has 0 rings (SSSR count). The molecule has 37 heavy (non-hydrogen) atoms. The van der Waals surface area contributed by atoms with E-state index >= 15 is 0 Å². The number of carbonyl (C=O) groups is 2. The molecule has 5 heteroatoms. The summed E-state index contributed by atoms with van der Waals surface area (Å²) in [5, 5.41) is 10.9. The first-order chi connectivity index (χ1) is 17.6. The van der Waals surface area contributed by atoms with Gasteiger partial charge in [-0.05, 0) is 12.3 Å². The van der Waals surface area contributed by atoms with E-state index in [4.69, 9.17) is 4.74 Å². The van der Waals surface area contributed by atoms with Crippen molar-refractivity contribution < 1.29 is 23.9 Å². The number of ether oxygens (including phenoxy) is 1. The van der Waals surface area contributed by atoms with E-state index in [1.165, 1.54) is 109 Å². The van der Waals surface area contributed by atoms with Crippen LogP contribution in [0.25, 0.3) is 0 Å². The number of quaternary nitrogens is 1. The second-order valence-corrected chi connectivity index (χ2v) is 12.8. The van der Waals surface area contributed by atoms with Gasteiger partial charge in [0.05, 0.1) is 21.1 Å². The average molecular weight is 526 g/mol. The van der Waals surface area contributed by atoms with Crippen molar-refractivity contribution in [1.29, 1.82) is 0 Å². The molecule has 0 aliphatic heterocycles. The van der Waals surface area contributed by atoms with Crippen LogP contribution in [0.3, 0.4) is 0 Å². The molecule has 0 aromatic rings. The highest BCUT2D eigenvalue weighted by Crippen LogP contribution is 2.16. The fourth-order valence-electron chi connectivity index (χ4n) is 5.01. The van der Waals surface area contributed by atoms with Gasteiger partial charge in [-0.25, -0.2) is 0 Å². The molecule has 0 spiro atoms. The van der Waals surface area contributed by atoms with Gasteiger partial charge in [-0.15, -0.1) is 0 Å². The number of esters is 1. The van der Waals surface area contributed by atoms with Crippen LogP contribution in [0.15, 0.2) is 0 Å². The quantitative estimate of drug-likeness (QED) is 0.0629. The molecule has 1 atom stereocenters. The predicted molar refractivity (Wildman–Crippen MR) is 154 cm³/mol. The van der Waals surface area contributed by atoms with Crippen LogP contribution in [0.1, 0.15) is 155 Å². The van der Waals surface area contributed by atoms with Crippen molar-refractivity contribution in [1.82, 2.24) is 0 Å². The molecule has 0 heterocycles. The Bertz CT molecular complexity index is 541. The molecule has 0 saturated carbocycles. The second kappa shape index (κ2) is 24.0. The highest BCUT2D eigenvalue weighted by Gasteiger charge is 2.22. The number of hydrogen-bond donors (Lipinski definition) is 0. The first kappa shape index (κ1) is 35.9. The van der Waals surface area contributed by atoms with Gasteiger partial charge in [0.25, 0.3) is 0 Å². The number of likely N-dealkylation sites (N-methyl/N-ethyl adjacent to an activating group) is 1. The Labute approximate surface area is 230 Å². The molecule has 1 unspecified atom stereocenters. The summed E-state index contributed by atoms with van der Waals surface area (Å²) in [5.74, 6) is -0.589. The van der Waals surface area contributed by atoms with E-state index in [9.17, 15) is 14.7 Å². The van der Waals surface area contributed by atoms with Crippen molar-refractivity contribution in [2.75, 3.05) is 27.7 Å². The average Bonchev–Trinajstić information content (AvgIpc) is 2.78. The van der Waals surface area contributed by atoms with Crippen molar-refractivity contribution in [3.8, 4) is 0 Å². The van der Waals surface area contributed by atoms with Gasteiger partial charge in [-0.3, -0.25) is 4.79 Å². The minimum Gasteiger partial charge on any atom is -0.550 e. The Balaban J connectivity index is 3.40. The highest BCUT2D eigenvalue weighted by molar-refractivity contribution is 5.70. The number of carbonyl (C=O) groups excluding carboxylic acids is 2. The molecule has 5 nitrogen and oxygen atoms in total. The molecule has 0 aromatic heterocycles. The number of nitrogens with zero attached hydrogens (tertiary/aromatic N) is 1. The van der Waals surface area contributed by atoms with Gasteiger partial charge in [0, 0.05) is 18.8 Å². The molecular formula is C32H63NO4. The molecule has 0 fully saturated rings. The zero-order valence-electron chi connectivity index (χ0n) is 25.5. The number of aliphatic carboxylic acids is 1. The molecule has 0 aliphatic rings. The maximum atomic E-state index is 12.1. The van der Waals surface area contributed by atoms with E-state index in [1.54, 1.807) is 0 Å². The van der Waals surface area contributed by atoms with Crippen molar-refractivity contribution in [2.45, 2.75) is 161 Å². The van der Waals surface area contributed by atoms with Gasteiger partial charge in [-0.2, -0.15) is 0 Å². The van der Waals surface area contributed by atoms with Gasteiger partial charge < -0.3 is 19.1 Å². The molecule has 0 amide bonds. The Kier molecular flexibility index (Phi) is 23.3. The fraction of sp³-hybridized carbons (Fsp3) is 0.938. The zero-order valence-corrected chi connectivity index (χ0v) is 25.5. The topological polar surface area (TPSA) is 66.4 Å². The van der Waals surface area contributed by atoms with E-state index in [0.29, 0.717) is 17.4 Å². The smallest absolute Gasteiger partial charge is 0.306 e. The van der Waals surface area contributed by atoms with Crippen LogP contribution in [-0.4, -0.2) is 50.2 Å². The third-order valence-corrected chi connectivity index (χ3v) is 7.11. The van der Waals surface area contributed by atoms with Crippen LogP contribution in [0.5, 0.6) is 0 Å². The minimum atomic E-state index is -1.17. The van der Waals surface area contributed by atoms with Crippen molar-refractivity contribution in [3.05, 3.63) is 0 Å². The summed E-state index contributed by atoms with van der Waals surface area (Å²) in [4.78, 5) is 23.0. The first-order valence-corrected chi connectivity index (χ1v) is 15.8. The highest BCUT2D eigenvalue weighted by atomic mass is 16.5. The third kappa shape index (κ3) is 29.3. The third-order valence-electron chi connectivity index (χ3n) is 7.11. The molecule has 220 valence electrons. The summed E-state index contributed by atoms with van der Waals surface area (Å²) in [6.45, 7) is 5.12. The minimum absolute atomic E-state index is 0.236. The lowest BCUT2D eigenvalue weighted by atomic mass is 10.0. The second-order valence-electron chi connectivity index (χ2n) is 12.8. The molecular weight excluding hydrogens is 462 g/mol. The van der Waals surface area contributed by atoms with Gasteiger partial charge in [0.2, 0.25) is 0 Å². The number of carboxylic acid groups (broad SMARTS) is 1. The summed E-state index contributed by atoms with van der Waals surface area (Å²) in [6.07, 6.45) is 26.2. The number of rotatable bonds is 27. The fourth-order valence-corrected chi connectivity index (χ4v) is 5.01. The zero-order chi connectivity index (χ0) is 27.8. The summed E-state index contributed by atoms with van der Waals surface area (Å²) >= 11 is 0. The van der Waals surface area contributed by atoms with Gasteiger partial charge in [0.15, 0.2) is 6.10 Å². The molecule has 0 aromatic carbocycles. The van der Waals surface area contributed by atoms with E-state index in [-0.39, 0.29) is 12.4 Å². The summed E-state index contributed by atoms with van der Waals surface area (Å²) < 4.78 is 5.95. The monoisotopic (exact) mass is 525 g/mol. The lowest BCUT2D eigenvalue weighted by molar-refractivity contribution is -0.873. The van der Waals surface area contributed by atoms with Crippen LogP contribution in [0.2, 0.25) is 0 Å². The molecule has 0 saturated heterocycles. The van der Waals surface area contributed by atoms with Crippen LogP contribution in [-0.2, 0) is 14.3 Å².